The Morgan fingerprint density at radius 3 is 1.51 bits per heavy atom. The second-order valence-electron chi connectivity index (χ2n) is 15.4. The van der Waals surface area contributed by atoms with Crippen LogP contribution in [0, 0.1) is 23.7 Å². The molecule has 0 aliphatic carbocycles. The van der Waals surface area contributed by atoms with Gasteiger partial charge in [-0.1, -0.05) is 73.3 Å². The molecule has 0 saturated carbocycles. The molecule has 0 bridgehead atoms. The van der Waals surface area contributed by atoms with Crippen LogP contribution in [0.5, 0.6) is 5.75 Å². The maximum atomic E-state index is 12.6. The van der Waals surface area contributed by atoms with Gasteiger partial charge in [0.15, 0.2) is 30.9 Å². The van der Waals surface area contributed by atoms with E-state index in [0.717, 1.165) is 12.0 Å². The van der Waals surface area contributed by atoms with Crippen LogP contribution in [0.1, 0.15) is 100 Å². The number of hydrogen-bond acceptors (Lipinski definition) is 14. The Morgan fingerprint density at radius 2 is 1.05 bits per heavy atom. The van der Waals surface area contributed by atoms with Crippen LogP contribution in [0.3, 0.4) is 0 Å². The number of ether oxygens (including phenoxy) is 10. The molecule has 3 heterocycles. The summed E-state index contributed by atoms with van der Waals surface area (Å²) in [6.45, 7) is 21.6. The fourth-order valence-corrected chi connectivity index (χ4v) is 8.03. The maximum absolute atomic E-state index is 12.6. The Bertz CT molecular complexity index is 1480. The second kappa shape index (κ2) is 21.4. The number of carbonyl (C=O) groups excluding carboxylic acids is 4. The summed E-state index contributed by atoms with van der Waals surface area (Å²) in [5.74, 6) is -2.13. The third kappa shape index (κ3) is 12.0. The maximum Gasteiger partial charge on any atom is 0.306 e. The van der Waals surface area contributed by atoms with Gasteiger partial charge >= 0.3 is 23.9 Å². The van der Waals surface area contributed by atoms with Crippen molar-refractivity contribution in [3.05, 3.63) is 42.5 Å². The van der Waals surface area contributed by atoms with Gasteiger partial charge in [0.25, 0.3) is 0 Å². The van der Waals surface area contributed by atoms with Crippen molar-refractivity contribution < 1.29 is 66.5 Å². The Hall–Kier alpha value is -3.56. The lowest BCUT2D eigenvalue weighted by atomic mass is 9.82. The molecule has 57 heavy (non-hydrogen) atoms. The van der Waals surface area contributed by atoms with E-state index in [1.165, 1.54) is 26.8 Å². The molecule has 0 N–H and O–H groups in total. The summed E-state index contributed by atoms with van der Waals surface area (Å²) < 4.78 is 61.9. The zero-order valence-corrected chi connectivity index (χ0v) is 35.2. The van der Waals surface area contributed by atoms with Crippen LogP contribution in [0.4, 0.5) is 0 Å². The number of hydrogen-bond donors (Lipinski definition) is 0. The van der Waals surface area contributed by atoms with Crippen LogP contribution >= 0.6 is 0 Å². The number of esters is 4. The third-order valence-electron chi connectivity index (χ3n) is 11.3. The molecule has 14 heteroatoms. The molecule has 320 valence electrons. The summed E-state index contributed by atoms with van der Waals surface area (Å²) in [5, 5.41) is 0. The average Bonchev–Trinajstić information content (AvgIpc) is 3.17. The van der Waals surface area contributed by atoms with Gasteiger partial charge in [-0.25, -0.2) is 0 Å². The molecule has 3 aliphatic heterocycles. The molecule has 0 aromatic heterocycles. The molecule has 1 aromatic rings. The van der Waals surface area contributed by atoms with Crippen molar-refractivity contribution in [1.29, 1.82) is 0 Å². The highest BCUT2D eigenvalue weighted by Crippen LogP contribution is 2.41. The topological polar surface area (TPSA) is 161 Å². The summed E-state index contributed by atoms with van der Waals surface area (Å²) in [4.78, 5) is 49.2. The molecule has 0 radical (unpaired) electrons. The minimum atomic E-state index is -1.03. The van der Waals surface area contributed by atoms with Crippen LogP contribution in [-0.4, -0.2) is 98.2 Å². The van der Waals surface area contributed by atoms with E-state index in [9.17, 15) is 19.2 Å². The fraction of sp³-hybridized carbons (Fsp3) is 0.721. The molecule has 14 nitrogen and oxygen atoms in total. The van der Waals surface area contributed by atoms with E-state index in [0.29, 0.717) is 25.0 Å². The molecule has 3 aliphatic rings. The van der Waals surface area contributed by atoms with Crippen molar-refractivity contribution in [2.45, 2.75) is 169 Å². The van der Waals surface area contributed by atoms with Gasteiger partial charge in [-0.3, -0.25) is 19.2 Å². The van der Waals surface area contributed by atoms with Crippen LogP contribution < -0.4 is 4.74 Å². The molecular weight excluding hydrogens is 740 g/mol. The molecule has 15 unspecified atom stereocenters. The van der Waals surface area contributed by atoms with Gasteiger partial charge in [-0.15, -0.1) is 0 Å². The number of carbonyl (C=O) groups is 4. The van der Waals surface area contributed by atoms with Crippen LogP contribution in [-0.2, 0) is 68.2 Å². The molecule has 0 amide bonds. The normalized spacial score (nSPS) is 35.4. The summed E-state index contributed by atoms with van der Waals surface area (Å²) >= 11 is 0. The van der Waals surface area contributed by atoms with E-state index in [1.54, 1.807) is 12.1 Å². The van der Waals surface area contributed by atoms with E-state index in [4.69, 9.17) is 47.4 Å². The van der Waals surface area contributed by atoms with Crippen LogP contribution in [0.2, 0.25) is 0 Å². The lowest BCUT2D eigenvalue weighted by Crippen LogP contribution is -2.62. The van der Waals surface area contributed by atoms with E-state index in [2.05, 4.69) is 13.5 Å². The molecular formula is C43H64O14. The number of aryl methyl sites for hydroxylation is 1. The quantitative estimate of drug-likeness (QED) is 0.0989. The predicted molar refractivity (Wildman–Crippen MR) is 206 cm³/mol. The van der Waals surface area contributed by atoms with E-state index >= 15 is 0 Å². The van der Waals surface area contributed by atoms with Crippen molar-refractivity contribution in [3.8, 4) is 5.75 Å². The molecule has 1 aromatic carbocycles. The molecule has 0 spiro atoms. The highest BCUT2D eigenvalue weighted by molar-refractivity contribution is 5.70. The van der Waals surface area contributed by atoms with Crippen molar-refractivity contribution in [3.63, 3.8) is 0 Å². The fourth-order valence-electron chi connectivity index (χ4n) is 8.03. The highest BCUT2D eigenvalue weighted by Gasteiger charge is 2.54. The largest absolute Gasteiger partial charge is 0.461 e. The van der Waals surface area contributed by atoms with Gasteiger partial charge in [-0.05, 0) is 49.3 Å². The minimum absolute atomic E-state index is 0.0427. The van der Waals surface area contributed by atoms with Crippen molar-refractivity contribution in [1.82, 2.24) is 0 Å². The van der Waals surface area contributed by atoms with Gasteiger partial charge in [0.1, 0.15) is 12.4 Å². The second-order valence-corrected chi connectivity index (χ2v) is 15.4. The first-order chi connectivity index (χ1) is 27.1. The van der Waals surface area contributed by atoms with Crippen LogP contribution in [0.25, 0.3) is 0 Å². The molecule has 4 rings (SSSR count). The molecule has 3 fully saturated rings. The van der Waals surface area contributed by atoms with E-state index in [1.807, 2.05) is 53.7 Å². The van der Waals surface area contributed by atoms with Gasteiger partial charge in [-0.2, -0.15) is 0 Å². The highest BCUT2D eigenvalue weighted by atomic mass is 16.8. The van der Waals surface area contributed by atoms with Gasteiger partial charge in [0.05, 0.1) is 30.5 Å². The zero-order valence-electron chi connectivity index (χ0n) is 35.2. The zero-order chi connectivity index (χ0) is 42.0. The summed E-state index contributed by atoms with van der Waals surface area (Å²) in [5.41, 5.74) is 0.916. The summed E-state index contributed by atoms with van der Waals surface area (Å²) in [7, 11) is 0. The van der Waals surface area contributed by atoms with E-state index in [-0.39, 0.29) is 36.9 Å². The first-order valence-electron chi connectivity index (χ1n) is 20.4. The summed E-state index contributed by atoms with van der Waals surface area (Å²) in [6, 6.07) is 7.25. The van der Waals surface area contributed by atoms with Gasteiger partial charge in [0.2, 0.25) is 6.29 Å². The Labute approximate surface area is 337 Å². The van der Waals surface area contributed by atoms with Gasteiger partial charge in [0, 0.05) is 44.9 Å². The lowest BCUT2D eigenvalue weighted by Gasteiger charge is -2.50. The Balaban J connectivity index is 1.54. The Kier molecular flexibility index (Phi) is 17.4. The molecule has 15 atom stereocenters. The van der Waals surface area contributed by atoms with Crippen LogP contribution in [0.15, 0.2) is 36.9 Å². The number of benzene rings is 1. The average molecular weight is 805 g/mol. The summed E-state index contributed by atoms with van der Waals surface area (Å²) in [6.07, 6.45) is -3.73. The smallest absolute Gasteiger partial charge is 0.306 e. The van der Waals surface area contributed by atoms with Crippen molar-refractivity contribution in [2.24, 2.45) is 23.7 Å². The third-order valence-corrected chi connectivity index (χ3v) is 11.3. The lowest BCUT2D eigenvalue weighted by molar-refractivity contribution is -0.360. The first kappa shape index (κ1) is 46.1. The molecule has 3 saturated heterocycles. The van der Waals surface area contributed by atoms with E-state index < -0.39 is 91.3 Å². The monoisotopic (exact) mass is 804 g/mol. The minimum Gasteiger partial charge on any atom is -0.461 e. The van der Waals surface area contributed by atoms with Crippen molar-refractivity contribution in [2.75, 3.05) is 6.61 Å². The first-order valence-corrected chi connectivity index (χ1v) is 20.4. The predicted octanol–water partition coefficient (Wildman–Crippen LogP) is 6.24. The van der Waals surface area contributed by atoms with Gasteiger partial charge < -0.3 is 47.4 Å². The Morgan fingerprint density at radius 1 is 0.614 bits per heavy atom. The SMILES string of the molecule is C=CCOC(=O)CCc1ccc(OC2OC(CC)C(OC3OC(CC)C(OC4OC(CC)C(C)C(C)C4OC(C)=O)C(C)C3OC(C)=O)C(C)C2OC(C)=O)cc1. The standard InChI is InChI=1S/C43H64O14/c1-12-22-48-35(47)21-18-30-16-19-31(20-17-30)52-41-39(50-28(10)45)25(7)36(33(14-3)54-41)57-43-40(51-29(11)46)26(8)37(34(15-4)55-43)56-42-38(49-27(9)44)24(6)23(5)32(13-2)53-42/h12,16-17,19-20,23-26,32-34,36-43H,1,13-15,18,21-22H2,2-11H3. The number of rotatable bonds is 17. The van der Waals surface area contributed by atoms with Crippen molar-refractivity contribution >= 4 is 23.9 Å².